The van der Waals surface area contributed by atoms with Crippen LogP contribution < -0.4 is 15.8 Å². The fraction of sp³-hybridized carbons (Fsp3) is 0.533. The van der Waals surface area contributed by atoms with Gasteiger partial charge in [-0.25, -0.2) is 0 Å². The molecule has 0 aliphatic heterocycles. The molecule has 0 radical (unpaired) electrons. The van der Waals surface area contributed by atoms with Gasteiger partial charge in [-0.05, 0) is 31.3 Å². The van der Waals surface area contributed by atoms with Gasteiger partial charge in [-0.1, -0.05) is 29.8 Å². The number of nitrogens with zero attached hydrogens (tertiary/aromatic N) is 1. The number of carbonyl (C=O) groups excluding carboxylic acids is 1. The summed E-state index contributed by atoms with van der Waals surface area (Å²) < 4.78 is 6.21. The maximum absolute atomic E-state index is 11.8. The number of hydrogen-bond acceptors (Lipinski definition) is 4. The lowest BCUT2D eigenvalue weighted by Crippen LogP contribution is -2.39. The highest BCUT2D eigenvalue weighted by molar-refractivity contribution is 9.10. The monoisotopic (exact) mass is 357 g/mol. The lowest BCUT2D eigenvalue weighted by atomic mass is 10.1. The molecule has 1 rings (SSSR count). The summed E-state index contributed by atoms with van der Waals surface area (Å²) in [5.74, 6) is 0.239. The summed E-state index contributed by atoms with van der Waals surface area (Å²) >= 11 is 3.41. The van der Waals surface area contributed by atoms with Crippen LogP contribution in [0.15, 0.2) is 22.7 Å². The van der Waals surface area contributed by atoms with Gasteiger partial charge >= 0.3 is 0 Å². The van der Waals surface area contributed by atoms with Gasteiger partial charge in [0, 0.05) is 23.1 Å². The van der Waals surface area contributed by atoms with Crippen molar-refractivity contribution in [2.24, 2.45) is 5.73 Å². The molecule has 0 spiro atoms. The van der Waals surface area contributed by atoms with E-state index in [4.69, 9.17) is 10.5 Å². The first kappa shape index (κ1) is 17.9. The summed E-state index contributed by atoms with van der Waals surface area (Å²) in [4.78, 5) is 14.1. The molecular formula is C15H24BrN3O2. The predicted octanol–water partition coefficient (Wildman–Crippen LogP) is 1.92. The van der Waals surface area contributed by atoms with Crippen molar-refractivity contribution in [2.45, 2.75) is 19.9 Å². The fourth-order valence-corrected chi connectivity index (χ4v) is 2.58. The third-order valence-electron chi connectivity index (χ3n) is 3.46. The summed E-state index contributed by atoms with van der Waals surface area (Å²) in [5.41, 5.74) is 6.29. The number of hydrogen-bond donors (Lipinski definition) is 2. The molecular weight excluding hydrogens is 334 g/mol. The number of nitrogens with one attached hydrogen (secondary N) is 1. The Bertz CT molecular complexity index is 464. The molecule has 1 amide bonds. The van der Waals surface area contributed by atoms with Crippen molar-refractivity contribution in [3.63, 3.8) is 0 Å². The van der Waals surface area contributed by atoms with Crippen molar-refractivity contribution in [2.75, 3.05) is 33.3 Å². The first-order valence-electron chi connectivity index (χ1n) is 7.11. The van der Waals surface area contributed by atoms with Gasteiger partial charge in [0.05, 0.1) is 7.11 Å². The minimum absolute atomic E-state index is 0.411. The Morgan fingerprint density at radius 1 is 1.43 bits per heavy atom. The molecule has 0 aliphatic rings. The van der Waals surface area contributed by atoms with Crippen LogP contribution >= 0.6 is 15.9 Å². The maximum Gasteiger partial charge on any atom is 0.239 e. The van der Waals surface area contributed by atoms with Gasteiger partial charge in [0.15, 0.2) is 0 Å². The van der Waals surface area contributed by atoms with E-state index in [2.05, 4.69) is 40.0 Å². The highest BCUT2D eigenvalue weighted by atomic mass is 79.9. The molecule has 3 N–H and O–H groups in total. The van der Waals surface area contributed by atoms with E-state index in [1.807, 2.05) is 18.2 Å². The Balaban J connectivity index is 2.82. The van der Waals surface area contributed by atoms with Gasteiger partial charge in [-0.3, -0.25) is 4.79 Å². The molecule has 1 aromatic rings. The van der Waals surface area contributed by atoms with Crippen molar-refractivity contribution >= 4 is 21.8 Å². The topological polar surface area (TPSA) is 67.6 Å². The molecule has 0 heterocycles. The first-order chi connectivity index (χ1) is 10.0. The second kappa shape index (κ2) is 9.02. The normalized spacial score (nSPS) is 12.4. The van der Waals surface area contributed by atoms with Crippen LogP contribution in [0.25, 0.3) is 0 Å². The molecule has 118 valence electrons. The van der Waals surface area contributed by atoms with E-state index in [0.29, 0.717) is 12.3 Å². The van der Waals surface area contributed by atoms with Crippen molar-refractivity contribution < 1.29 is 9.53 Å². The molecule has 6 heteroatoms. The standard InChI is InChI=1S/C15H24BrN3O2/c1-4-19(5-2)9-8-18-14(15(17)20)12-10-11(16)6-7-13(12)21-3/h6-7,10,14,18H,4-5,8-9H2,1-3H3,(H2,17,20). The highest BCUT2D eigenvalue weighted by Crippen LogP contribution is 2.28. The third kappa shape index (κ3) is 5.30. The summed E-state index contributed by atoms with van der Waals surface area (Å²) in [6.07, 6.45) is 0. The van der Waals surface area contributed by atoms with E-state index < -0.39 is 11.9 Å². The number of primary amides is 1. The van der Waals surface area contributed by atoms with Crippen molar-refractivity contribution in [1.82, 2.24) is 10.2 Å². The van der Waals surface area contributed by atoms with Gasteiger partial charge in [0.1, 0.15) is 11.8 Å². The summed E-state index contributed by atoms with van der Waals surface area (Å²) in [7, 11) is 1.58. The molecule has 1 aromatic carbocycles. The number of methoxy groups -OCH3 is 1. The minimum Gasteiger partial charge on any atom is -0.496 e. The number of ether oxygens (including phenoxy) is 1. The van der Waals surface area contributed by atoms with E-state index in [0.717, 1.165) is 29.7 Å². The number of likely N-dealkylation sites (N-methyl/N-ethyl adjacent to an activating group) is 1. The summed E-state index contributed by atoms with van der Waals surface area (Å²) in [6.45, 7) is 7.76. The number of benzene rings is 1. The van der Waals surface area contributed by atoms with Crippen LogP contribution in [0.5, 0.6) is 5.75 Å². The average molecular weight is 358 g/mol. The molecule has 5 nitrogen and oxygen atoms in total. The molecule has 0 saturated carbocycles. The number of carbonyl (C=O) groups is 1. The van der Waals surface area contributed by atoms with Crippen LogP contribution in [0.1, 0.15) is 25.5 Å². The predicted molar refractivity (Wildman–Crippen MR) is 88.4 cm³/mol. The fourth-order valence-electron chi connectivity index (χ4n) is 2.20. The number of amides is 1. The molecule has 0 bridgehead atoms. The van der Waals surface area contributed by atoms with Crippen LogP contribution in [-0.4, -0.2) is 44.1 Å². The molecule has 0 saturated heterocycles. The quantitative estimate of drug-likeness (QED) is 0.708. The highest BCUT2D eigenvalue weighted by Gasteiger charge is 2.21. The Hall–Kier alpha value is -1.11. The van der Waals surface area contributed by atoms with E-state index >= 15 is 0 Å². The summed E-state index contributed by atoms with van der Waals surface area (Å²) in [5, 5.41) is 3.22. The van der Waals surface area contributed by atoms with Gasteiger partial charge in [0.2, 0.25) is 5.91 Å². The van der Waals surface area contributed by atoms with Gasteiger partial charge in [0.25, 0.3) is 0 Å². The second-order valence-electron chi connectivity index (χ2n) is 4.70. The van der Waals surface area contributed by atoms with Gasteiger partial charge in [-0.2, -0.15) is 0 Å². The zero-order valence-electron chi connectivity index (χ0n) is 12.9. The zero-order valence-corrected chi connectivity index (χ0v) is 14.4. The Morgan fingerprint density at radius 3 is 2.62 bits per heavy atom. The van der Waals surface area contributed by atoms with E-state index in [1.54, 1.807) is 7.11 Å². The first-order valence-corrected chi connectivity index (χ1v) is 7.91. The van der Waals surface area contributed by atoms with Crippen LogP contribution in [0.3, 0.4) is 0 Å². The lowest BCUT2D eigenvalue weighted by molar-refractivity contribution is -0.120. The zero-order chi connectivity index (χ0) is 15.8. The van der Waals surface area contributed by atoms with Crippen LogP contribution in [0.4, 0.5) is 0 Å². The Kier molecular flexibility index (Phi) is 7.71. The minimum atomic E-state index is -0.562. The van der Waals surface area contributed by atoms with Crippen LogP contribution in [0.2, 0.25) is 0 Å². The second-order valence-corrected chi connectivity index (χ2v) is 5.62. The summed E-state index contributed by atoms with van der Waals surface area (Å²) in [6, 6.07) is 4.99. The Labute approximate surface area is 135 Å². The van der Waals surface area contributed by atoms with Crippen LogP contribution in [0, 0.1) is 0 Å². The van der Waals surface area contributed by atoms with E-state index in [9.17, 15) is 4.79 Å². The number of rotatable bonds is 9. The third-order valence-corrected chi connectivity index (χ3v) is 3.95. The van der Waals surface area contributed by atoms with Crippen molar-refractivity contribution in [1.29, 1.82) is 0 Å². The lowest BCUT2D eigenvalue weighted by Gasteiger charge is -2.22. The van der Waals surface area contributed by atoms with Gasteiger partial charge < -0.3 is 20.7 Å². The van der Waals surface area contributed by atoms with E-state index in [1.165, 1.54) is 0 Å². The van der Waals surface area contributed by atoms with Crippen molar-refractivity contribution in [3.05, 3.63) is 28.2 Å². The molecule has 0 aliphatic carbocycles. The Morgan fingerprint density at radius 2 is 2.10 bits per heavy atom. The van der Waals surface area contributed by atoms with Crippen LogP contribution in [-0.2, 0) is 4.79 Å². The molecule has 21 heavy (non-hydrogen) atoms. The molecule has 1 unspecified atom stereocenters. The average Bonchev–Trinajstić information content (AvgIpc) is 2.47. The largest absolute Gasteiger partial charge is 0.496 e. The SMILES string of the molecule is CCN(CC)CCNC(C(N)=O)c1cc(Br)ccc1OC. The molecule has 1 atom stereocenters. The number of nitrogens with two attached hydrogens (primary N) is 1. The van der Waals surface area contributed by atoms with E-state index in [-0.39, 0.29) is 0 Å². The number of halogens is 1. The maximum atomic E-state index is 11.8. The van der Waals surface area contributed by atoms with Gasteiger partial charge in [-0.15, -0.1) is 0 Å². The van der Waals surface area contributed by atoms with Crippen molar-refractivity contribution in [3.8, 4) is 5.75 Å². The smallest absolute Gasteiger partial charge is 0.239 e. The molecule has 0 fully saturated rings. The molecule has 0 aromatic heterocycles.